The van der Waals surface area contributed by atoms with Crippen molar-refractivity contribution in [3.05, 3.63) is 54.2 Å². The number of nitrogens with zero attached hydrogens (tertiary/aromatic N) is 1. The molecule has 0 unspecified atom stereocenters. The van der Waals surface area contributed by atoms with Gasteiger partial charge in [-0.1, -0.05) is 30.3 Å². The summed E-state index contributed by atoms with van der Waals surface area (Å²) >= 11 is 0. The number of rotatable bonds is 6. The third kappa shape index (κ3) is 4.79. The Morgan fingerprint density at radius 1 is 1.04 bits per heavy atom. The first kappa shape index (κ1) is 18.3. The van der Waals surface area contributed by atoms with Gasteiger partial charge < -0.3 is 19.5 Å². The average Bonchev–Trinajstić information content (AvgIpc) is 2.75. The first-order valence-electron chi connectivity index (χ1n) is 9.98. The van der Waals surface area contributed by atoms with Crippen LogP contribution in [0.15, 0.2) is 48.7 Å². The fourth-order valence-corrected chi connectivity index (χ4v) is 3.96. The second kappa shape index (κ2) is 9.20. The molecular formula is C22H28N2O3. The molecule has 4 rings (SSSR count). The topological polar surface area (TPSA) is 52.6 Å². The van der Waals surface area contributed by atoms with Crippen LogP contribution in [0.5, 0.6) is 11.6 Å². The molecule has 3 heterocycles. The van der Waals surface area contributed by atoms with Gasteiger partial charge in [0, 0.05) is 31.5 Å². The minimum atomic E-state index is 0.157. The smallest absolute Gasteiger partial charge is 0.257 e. The molecule has 0 saturated carbocycles. The molecule has 2 saturated heterocycles. The highest BCUT2D eigenvalue weighted by atomic mass is 16.5. The average molecular weight is 368 g/mol. The van der Waals surface area contributed by atoms with E-state index in [9.17, 15) is 0 Å². The van der Waals surface area contributed by atoms with Crippen molar-refractivity contribution >= 4 is 0 Å². The van der Waals surface area contributed by atoms with Gasteiger partial charge in [-0.15, -0.1) is 0 Å². The Bertz CT molecular complexity index is 704. The Morgan fingerprint density at radius 2 is 1.89 bits per heavy atom. The van der Waals surface area contributed by atoms with E-state index in [-0.39, 0.29) is 6.10 Å². The number of ether oxygens (including phenoxy) is 3. The van der Waals surface area contributed by atoms with Crippen molar-refractivity contribution in [2.75, 3.05) is 32.9 Å². The molecule has 0 aliphatic carbocycles. The second-order valence-corrected chi connectivity index (χ2v) is 7.32. The first-order chi connectivity index (χ1) is 13.4. The number of hydrogen-bond acceptors (Lipinski definition) is 5. The van der Waals surface area contributed by atoms with E-state index in [1.54, 1.807) is 6.20 Å². The molecule has 0 amide bonds. The monoisotopic (exact) mass is 368 g/mol. The summed E-state index contributed by atoms with van der Waals surface area (Å²) in [7, 11) is 0. The van der Waals surface area contributed by atoms with Crippen LogP contribution in [0.4, 0.5) is 0 Å². The molecule has 0 bridgehead atoms. The van der Waals surface area contributed by atoms with E-state index >= 15 is 0 Å². The predicted octanol–water partition coefficient (Wildman–Crippen LogP) is 3.41. The minimum absolute atomic E-state index is 0.157. The van der Waals surface area contributed by atoms with Crippen LogP contribution < -0.4 is 14.8 Å². The van der Waals surface area contributed by atoms with E-state index < -0.39 is 0 Å². The molecule has 27 heavy (non-hydrogen) atoms. The van der Waals surface area contributed by atoms with Crippen molar-refractivity contribution in [2.45, 2.75) is 31.3 Å². The lowest BCUT2D eigenvalue weighted by atomic mass is 9.81. The molecule has 5 heteroatoms. The molecule has 5 nitrogen and oxygen atoms in total. The maximum atomic E-state index is 6.21. The number of hydrogen-bond donors (Lipinski definition) is 1. The van der Waals surface area contributed by atoms with Gasteiger partial charge >= 0.3 is 0 Å². The standard InChI is InChI=1S/C22H28N2O3/c1-2-5-17(6-3-1)20-8-12-23-15-18(20)16-26-21-7-4-11-24-22(21)27-19-9-13-25-14-10-19/h1-7,11,18-20,23H,8-10,12-16H2/t18-,20-/m0/s1. The molecule has 2 fully saturated rings. The summed E-state index contributed by atoms with van der Waals surface area (Å²) < 4.78 is 17.7. The minimum Gasteiger partial charge on any atom is -0.488 e. The summed E-state index contributed by atoms with van der Waals surface area (Å²) in [4.78, 5) is 4.41. The molecule has 2 aliphatic rings. The Morgan fingerprint density at radius 3 is 2.74 bits per heavy atom. The van der Waals surface area contributed by atoms with Gasteiger partial charge in [0.25, 0.3) is 5.88 Å². The molecule has 2 aliphatic heterocycles. The fraction of sp³-hybridized carbons (Fsp3) is 0.500. The van der Waals surface area contributed by atoms with Crippen LogP contribution in [0.1, 0.15) is 30.7 Å². The van der Waals surface area contributed by atoms with E-state index in [1.165, 1.54) is 5.56 Å². The number of nitrogens with one attached hydrogen (secondary N) is 1. The van der Waals surface area contributed by atoms with Crippen LogP contribution in [-0.4, -0.2) is 44.0 Å². The Hall–Kier alpha value is -2.11. The highest BCUT2D eigenvalue weighted by molar-refractivity contribution is 5.33. The molecule has 1 N–H and O–H groups in total. The van der Waals surface area contributed by atoms with Gasteiger partial charge in [0.2, 0.25) is 0 Å². The number of benzene rings is 1. The van der Waals surface area contributed by atoms with E-state index in [2.05, 4.69) is 40.6 Å². The Kier molecular flexibility index (Phi) is 6.22. The van der Waals surface area contributed by atoms with Crippen LogP contribution in [0.2, 0.25) is 0 Å². The maximum Gasteiger partial charge on any atom is 0.257 e. The highest BCUT2D eigenvalue weighted by Gasteiger charge is 2.27. The van der Waals surface area contributed by atoms with E-state index in [0.29, 0.717) is 24.3 Å². The van der Waals surface area contributed by atoms with Crippen LogP contribution >= 0.6 is 0 Å². The van der Waals surface area contributed by atoms with Crippen molar-refractivity contribution in [2.24, 2.45) is 5.92 Å². The van der Waals surface area contributed by atoms with Gasteiger partial charge in [-0.25, -0.2) is 4.98 Å². The first-order valence-corrected chi connectivity index (χ1v) is 9.98. The zero-order chi connectivity index (χ0) is 18.3. The third-order valence-electron chi connectivity index (χ3n) is 5.47. The van der Waals surface area contributed by atoms with E-state index in [4.69, 9.17) is 14.2 Å². The summed E-state index contributed by atoms with van der Waals surface area (Å²) in [6.07, 6.45) is 4.86. The van der Waals surface area contributed by atoms with Gasteiger partial charge in [0.15, 0.2) is 5.75 Å². The second-order valence-electron chi connectivity index (χ2n) is 7.32. The number of pyridine rings is 1. The van der Waals surface area contributed by atoms with Crippen LogP contribution in [0, 0.1) is 5.92 Å². The van der Waals surface area contributed by atoms with Crippen LogP contribution in [-0.2, 0) is 4.74 Å². The lowest BCUT2D eigenvalue weighted by Crippen LogP contribution is -2.38. The zero-order valence-corrected chi connectivity index (χ0v) is 15.7. The lowest BCUT2D eigenvalue weighted by molar-refractivity contribution is 0.0220. The maximum absolute atomic E-state index is 6.21. The van der Waals surface area contributed by atoms with E-state index in [0.717, 1.165) is 51.3 Å². The molecule has 0 spiro atoms. The normalized spacial score (nSPS) is 23.7. The van der Waals surface area contributed by atoms with Gasteiger partial charge in [-0.2, -0.15) is 0 Å². The van der Waals surface area contributed by atoms with Gasteiger partial charge in [0.1, 0.15) is 6.10 Å². The van der Waals surface area contributed by atoms with Gasteiger partial charge in [-0.3, -0.25) is 0 Å². The molecule has 1 aromatic heterocycles. The summed E-state index contributed by atoms with van der Waals surface area (Å²) in [6, 6.07) is 14.6. The summed E-state index contributed by atoms with van der Waals surface area (Å²) in [5.41, 5.74) is 1.40. The Labute approximate surface area is 161 Å². The Balaban J connectivity index is 1.41. The summed E-state index contributed by atoms with van der Waals surface area (Å²) in [5.74, 6) is 2.28. The predicted molar refractivity (Wildman–Crippen MR) is 104 cm³/mol. The highest BCUT2D eigenvalue weighted by Crippen LogP contribution is 2.32. The van der Waals surface area contributed by atoms with Crippen molar-refractivity contribution in [3.8, 4) is 11.6 Å². The van der Waals surface area contributed by atoms with Gasteiger partial charge in [0.05, 0.1) is 19.8 Å². The third-order valence-corrected chi connectivity index (χ3v) is 5.47. The SMILES string of the molecule is c1ccc([C@@H]2CCNC[C@H]2COc2cccnc2OC2CCOCC2)cc1. The number of piperidine rings is 1. The number of aromatic nitrogens is 1. The molecular weight excluding hydrogens is 340 g/mol. The molecule has 1 aromatic carbocycles. The van der Waals surface area contributed by atoms with Crippen molar-refractivity contribution in [1.82, 2.24) is 10.3 Å². The molecule has 0 radical (unpaired) electrons. The van der Waals surface area contributed by atoms with Crippen molar-refractivity contribution in [3.63, 3.8) is 0 Å². The van der Waals surface area contributed by atoms with E-state index in [1.807, 2.05) is 12.1 Å². The van der Waals surface area contributed by atoms with Crippen LogP contribution in [0.3, 0.4) is 0 Å². The van der Waals surface area contributed by atoms with Crippen LogP contribution in [0.25, 0.3) is 0 Å². The quantitative estimate of drug-likeness (QED) is 0.847. The molecule has 2 atom stereocenters. The molecule has 2 aromatic rings. The fourth-order valence-electron chi connectivity index (χ4n) is 3.96. The largest absolute Gasteiger partial charge is 0.488 e. The lowest BCUT2D eigenvalue weighted by Gasteiger charge is -2.32. The molecule has 144 valence electrons. The summed E-state index contributed by atoms with van der Waals surface area (Å²) in [6.45, 7) is 4.18. The van der Waals surface area contributed by atoms with Gasteiger partial charge in [-0.05, 0) is 36.6 Å². The van der Waals surface area contributed by atoms with Crippen molar-refractivity contribution in [1.29, 1.82) is 0 Å². The summed E-state index contributed by atoms with van der Waals surface area (Å²) in [5, 5.41) is 3.51. The zero-order valence-electron chi connectivity index (χ0n) is 15.7. The van der Waals surface area contributed by atoms with Crippen molar-refractivity contribution < 1.29 is 14.2 Å².